The standard InChI is InChI=1S/C23H36N6/c1-16-12-25-28(5)22(16)20-6-7-21(27-26-20)24-13-17-10-18-14-29(15-19(18)11-17)9-8-23(2,3)4/h6-7,12,17-19H,8-11,13-15H2,1-5H3,(H,24,27)/t17-,18+,19?/m0/s1. The summed E-state index contributed by atoms with van der Waals surface area (Å²) in [5.41, 5.74) is 3.47. The van der Waals surface area contributed by atoms with Crippen molar-refractivity contribution in [1.82, 2.24) is 24.9 Å². The van der Waals surface area contributed by atoms with Gasteiger partial charge in [-0.25, -0.2) is 0 Å². The largest absolute Gasteiger partial charge is 0.368 e. The molecule has 2 aliphatic rings. The third-order valence-corrected chi connectivity index (χ3v) is 6.70. The second-order valence-electron chi connectivity index (χ2n) is 10.4. The number of hydrogen-bond donors (Lipinski definition) is 1. The van der Waals surface area contributed by atoms with Crippen molar-refractivity contribution in [2.75, 3.05) is 31.5 Å². The fourth-order valence-corrected chi connectivity index (χ4v) is 5.08. The molecule has 6 nitrogen and oxygen atoms in total. The van der Waals surface area contributed by atoms with Gasteiger partial charge in [-0.3, -0.25) is 4.68 Å². The first kappa shape index (κ1) is 20.3. The zero-order chi connectivity index (χ0) is 20.6. The molecule has 4 rings (SSSR count). The third-order valence-electron chi connectivity index (χ3n) is 6.70. The number of rotatable bonds is 6. The van der Waals surface area contributed by atoms with Crippen LogP contribution in [-0.2, 0) is 7.05 Å². The molecule has 0 spiro atoms. The summed E-state index contributed by atoms with van der Waals surface area (Å²) in [4.78, 5) is 2.70. The Kier molecular flexibility index (Phi) is 5.65. The first-order chi connectivity index (χ1) is 13.8. The lowest BCUT2D eigenvalue weighted by atomic mass is 9.92. The van der Waals surface area contributed by atoms with Crippen LogP contribution in [0, 0.1) is 30.1 Å². The van der Waals surface area contributed by atoms with Crippen LogP contribution in [0.3, 0.4) is 0 Å². The van der Waals surface area contributed by atoms with Crippen molar-refractivity contribution in [2.45, 2.75) is 47.0 Å². The van der Waals surface area contributed by atoms with E-state index in [0.29, 0.717) is 5.41 Å². The number of nitrogens with zero attached hydrogens (tertiary/aromatic N) is 5. The average molecular weight is 397 g/mol. The van der Waals surface area contributed by atoms with Crippen LogP contribution in [-0.4, -0.2) is 51.1 Å². The monoisotopic (exact) mass is 396 g/mol. The number of aryl methyl sites for hydroxylation is 2. The van der Waals surface area contributed by atoms with E-state index in [2.05, 4.69) is 53.2 Å². The second kappa shape index (κ2) is 8.05. The Morgan fingerprint density at radius 3 is 2.38 bits per heavy atom. The van der Waals surface area contributed by atoms with E-state index < -0.39 is 0 Å². The Morgan fingerprint density at radius 1 is 1.10 bits per heavy atom. The number of anilines is 1. The van der Waals surface area contributed by atoms with Gasteiger partial charge in [-0.2, -0.15) is 5.10 Å². The summed E-state index contributed by atoms with van der Waals surface area (Å²) in [6.07, 6.45) is 5.86. The molecule has 29 heavy (non-hydrogen) atoms. The van der Waals surface area contributed by atoms with Crippen LogP contribution >= 0.6 is 0 Å². The maximum absolute atomic E-state index is 4.42. The molecule has 2 aromatic heterocycles. The minimum absolute atomic E-state index is 0.441. The molecule has 6 heteroatoms. The number of fused-ring (bicyclic) bond motifs is 1. The third kappa shape index (κ3) is 4.80. The van der Waals surface area contributed by atoms with E-state index in [4.69, 9.17) is 0 Å². The Morgan fingerprint density at radius 2 is 1.83 bits per heavy atom. The molecule has 1 aliphatic heterocycles. The molecule has 1 saturated carbocycles. The van der Waals surface area contributed by atoms with Crippen LogP contribution < -0.4 is 5.32 Å². The molecular formula is C23H36N6. The van der Waals surface area contributed by atoms with Gasteiger partial charge >= 0.3 is 0 Å². The van der Waals surface area contributed by atoms with Gasteiger partial charge in [-0.15, -0.1) is 10.2 Å². The van der Waals surface area contributed by atoms with Crippen molar-refractivity contribution >= 4 is 5.82 Å². The number of aromatic nitrogens is 4. The fourth-order valence-electron chi connectivity index (χ4n) is 5.08. The van der Waals surface area contributed by atoms with Crippen molar-refractivity contribution in [3.05, 3.63) is 23.9 Å². The molecule has 1 N–H and O–H groups in total. The van der Waals surface area contributed by atoms with Crippen LogP contribution in [0.4, 0.5) is 5.82 Å². The molecule has 0 amide bonds. The quantitative estimate of drug-likeness (QED) is 0.800. The molecule has 158 valence electrons. The fraction of sp³-hybridized carbons (Fsp3) is 0.696. The molecule has 2 aromatic rings. The summed E-state index contributed by atoms with van der Waals surface area (Å²) in [5.74, 6) is 3.42. The second-order valence-corrected chi connectivity index (χ2v) is 10.4. The summed E-state index contributed by atoms with van der Waals surface area (Å²) >= 11 is 0. The zero-order valence-corrected chi connectivity index (χ0v) is 18.6. The van der Waals surface area contributed by atoms with E-state index >= 15 is 0 Å². The molecular weight excluding hydrogens is 360 g/mol. The van der Waals surface area contributed by atoms with Gasteiger partial charge in [0.05, 0.1) is 11.9 Å². The van der Waals surface area contributed by atoms with Gasteiger partial charge in [-0.05, 0) is 73.6 Å². The lowest BCUT2D eigenvalue weighted by Crippen LogP contribution is -2.27. The van der Waals surface area contributed by atoms with Crippen LogP contribution in [0.1, 0.15) is 45.6 Å². The van der Waals surface area contributed by atoms with E-state index in [0.717, 1.165) is 47.1 Å². The Balaban J connectivity index is 1.24. The molecule has 3 heterocycles. The minimum atomic E-state index is 0.441. The lowest BCUT2D eigenvalue weighted by Gasteiger charge is -2.24. The lowest BCUT2D eigenvalue weighted by molar-refractivity contribution is 0.246. The Bertz CT molecular complexity index is 785. The number of hydrogen-bond acceptors (Lipinski definition) is 5. The Hall–Kier alpha value is -1.95. The maximum atomic E-state index is 4.42. The highest BCUT2D eigenvalue weighted by Gasteiger charge is 2.40. The Labute approximate surface area is 175 Å². The first-order valence-corrected chi connectivity index (χ1v) is 11.1. The van der Waals surface area contributed by atoms with Gasteiger partial charge in [-0.1, -0.05) is 20.8 Å². The normalized spacial score (nSPS) is 24.8. The van der Waals surface area contributed by atoms with Crippen LogP contribution in [0.5, 0.6) is 0 Å². The van der Waals surface area contributed by atoms with E-state index in [9.17, 15) is 0 Å². The first-order valence-electron chi connectivity index (χ1n) is 11.1. The van der Waals surface area contributed by atoms with Gasteiger partial charge in [0.15, 0.2) is 0 Å². The number of likely N-dealkylation sites (tertiary alicyclic amines) is 1. The van der Waals surface area contributed by atoms with Crippen LogP contribution in [0.15, 0.2) is 18.3 Å². The van der Waals surface area contributed by atoms with Crippen molar-refractivity contribution in [2.24, 2.45) is 30.2 Å². The maximum Gasteiger partial charge on any atom is 0.148 e. The van der Waals surface area contributed by atoms with Gasteiger partial charge in [0, 0.05) is 26.7 Å². The predicted molar refractivity (Wildman–Crippen MR) is 118 cm³/mol. The van der Waals surface area contributed by atoms with Crippen LogP contribution in [0.2, 0.25) is 0 Å². The van der Waals surface area contributed by atoms with Gasteiger partial charge in [0.1, 0.15) is 11.5 Å². The van der Waals surface area contributed by atoms with Gasteiger partial charge in [0.25, 0.3) is 0 Å². The van der Waals surface area contributed by atoms with Gasteiger partial charge < -0.3 is 10.2 Å². The SMILES string of the molecule is Cc1cnn(C)c1-c1ccc(NC[C@@H]2CC3CN(CCC(C)(C)C)C[C@H]3C2)nn1. The smallest absolute Gasteiger partial charge is 0.148 e. The van der Waals surface area contributed by atoms with Crippen molar-refractivity contribution in [1.29, 1.82) is 0 Å². The van der Waals surface area contributed by atoms with E-state index in [1.807, 2.05) is 30.1 Å². The molecule has 1 unspecified atom stereocenters. The highest BCUT2D eigenvalue weighted by atomic mass is 15.3. The molecule has 0 bridgehead atoms. The number of nitrogens with one attached hydrogen (secondary N) is 1. The topological polar surface area (TPSA) is 58.9 Å². The van der Waals surface area contributed by atoms with Crippen LogP contribution in [0.25, 0.3) is 11.4 Å². The molecule has 1 aliphatic carbocycles. The summed E-state index contributed by atoms with van der Waals surface area (Å²) < 4.78 is 1.86. The molecule has 3 atom stereocenters. The zero-order valence-electron chi connectivity index (χ0n) is 18.6. The van der Waals surface area contributed by atoms with E-state index in [1.165, 1.54) is 38.9 Å². The summed E-state index contributed by atoms with van der Waals surface area (Å²) in [6.45, 7) is 14.0. The minimum Gasteiger partial charge on any atom is -0.368 e. The molecule has 0 aromatic carbocycles. The summed E-state index contributed by atoms with van der Waals surface area (Å²) in [7, 11) is 1.94. The predicted octanol–water partition coefficient (Wildman–Crippen LogP) is 3.99. The molecule has 0 radical (unpaired) electrons. The van der Waals surface area contributed by atoms with E-state index in [1.54, 1.807) is 0 Å². The summed E-state index contributed by atoms with van der Waals surface area (Å²) in [6, 6.07) is 4.08. The molecule has 1 saturated heterocycles. The van der Waals surface area contributed by atoms with Crippen molar-refractivity contribution < 1.29 is 0 Å². The van der Waals surface area contributed by atoms with Crippen molar-refractivity contribution in [3.8, 4) is 11.4 Å². The van der Waals surface area contributed by atoms with Crippen molar-refractivity contribution in [3.63, 3.8) is 0 Å². The highest BCUT2D eigenvalue weighted by molar-refractivity contribution is 5.59. The molecule has 2 fully saturated rings. The summed E-state index contributed by atoms with van der Waals surface area (Å²) in [5, 5.41) is 16.6. The highest BCUT2D eigenvalue weighted by Crippen LogP contribution is 2.41. The average Bonchev–Trinajstić information content (AvgIpc) is 3.31. The van der Waals surface area contributed by atoms with E-state index in [-0.39, 0.29) is 0 Å². The van der Waals surface area contributed by atoms with Gasteiger partial charge in [0.2, 0.25) is 0 Å².